The lowest BCUT2D eigenvalue weighted by Crippen LogP contribution is -2.50. The molecule has 27 heavy (non-hydrogen) atoms. The number of piperidine rings is 1. The number of carbonyl (C=O) groups is 1. The van der Waals surface area contributed by atoms with Gasteiger partial charge in [0.25, 0.3) is 0 Å². The number of nitrogens with zero attached hydrogens (tertiary/aromatic N) is 2. The van der Waals surface area contributed by atoms with Crippen molar-refractivity contribution in [2.24, 2.45) is 0 Å². The lowest BCUT2D eigenvalue weighted by Gasteiger charge is -2.35. The standard InChI is InChI=1S/C20H31N3O3S/c1-25-17-7-8-18(19(13-17)26-2)21-20(24)23-11-6-12-27-15-16(23)14-22-9-4-3-5-10-22/h7-8,13,16H,3-6,9-12,14-15H2,1-2H3,(H,21,24). The van der Waals surface area contributed by atoms with Gasteiger partial charge in [0.05, 0.1) is 25.9 Å². The third-order valence-electron chi connectivity index (χ3n) is 5.27. The van der Waals surface area contributed by atoms with Gasteiger partial charge in [0.2, 0.25) is 0 Å². The smallest absolute Gasteiger partial charge is 0.322 e. The second-order valence-electron chi connectivity index (χ2n) is 7.13. The van der Waals surface area contributed by atoms with Crippen LogP contribution in [0.15, 0.2) is 18.2 Å². The van der Waals surface area contributed by atoms with E-state index in [0.717, 1.165) is 44.1 Å². The van der Waals surface area contributed by atoms with Crippen molar-refractivity contribution in [3.05, 3.63) is 18.2 Å². The van der Waals surface area contributed by atoms with E-state index < -0.39 is 0 Å². The highest BCUT2D eigenvalue weighted by Gasteiger charge is 2.28. The maximum Gasteiger partial charge on any atom is 0.322 e. The molecular formula is C20H31N3O3S. The molecular weight excluding hydrogens is 362 g/mol. The summed E-state index contributed by atoms with van der Waals surface area (Å²) in [5.41, 5.74) is 0.678. The van der Waals surface area contributed by atoms with Crippen molar-refractivity contribution in [3.63, 3.8) is 0 Å². The van der Waals surface area contributed by atoms with E-state index in [9.17, 15) is 4.79 Å². The normalized spacial score (nSPS) is 21.4. The fourth-order valence-electron chi connectivity index (χ4n) is 3.78. The summed E-state index contributed by atoms with van der Waals surface area (Å²) in [6.07, 6.45) is 4.91. The molecule has 0 bridgehead atoms. The fourth-order valence-corrected chi connectivity index (χ4v) is 4.83. The summed E-state index contributed by atoms with van der Waals surface area (Å²) < 4.78 is 10.7. The van der Waals surface area contributed by atoms with E-state index in [1.54, 1.807) is 20.3 Å². The van der Waals surface area contributed by atoms with Crippen molar-refractivity contribution in [2.45, 2.75) is 31.7 Å². The fraction of sp³-hybridized carbons (Fsp3) is 0.650. The molecule has 0 aliphatic carbocycles. The van der Waals surface area contributed by atoms with Crippen molar-refractivity contribution >= 4 is 23.5 Å². The minimum Gasteiger partial charge on any atom is -0.497 e. The first-order valence-electron chi connectivity index (χ1n) is 9.81. The number of amides is 2. The molecule has 2 heterocycles. The van der Waals surface area contributed by atoms with Gasteiger partial charge in [-0.2, -0.15) is 11.8 Å². The summed E-state index contributed by atoms with van der Waals surface area (Å²) >= 11 is 1.96. The van der Waals surface area contributed by atoms with Gasteiger partial charge in [0.1, 0.15) is 11.5 Å². The van der Waals surface area contributed by atoms with E-state index in [4.69, 9.17) is 9.47 Å². The average molecular weight is 394 g/mol. The molecule has 1 aromatic carbocycles. The summed E-state index contributed by atoms with van der Waals surface area (Å²) in [4.78, 5) is 17.6. The van der Waals surface area contributed by atoms with Crippen LogP contribution in [0.25, 0.3) is 0 Å². The van der Waals surface area contributed by atoms with Gasteiger partial charge in [-0.05, 0) is 50.2 Å². The highest BCUT2D eigenvalue weighted by atomic mass is 32.2. The number of likely N-dealkylation sites (tertiary alicyclic amines) is 1. The van der Waals surface area contributed by atoms with Crippen molar-refractivity contribution in [1.82, 2.24) is 9.80 Å². The Labute approximate surface area is 166 Å². The van der Waals surface area contributed by atoms with Crippen molar-refractivity contribution in [2.75, 3.05) is 57.2 Å². The van der Waals surface area contributed by atoms with Gasteiger partial charge >= 0.3 is 6.03 Å². The summed E-state index contributed by atoms with van der Waals surface area (Å²) in [6, 6.07) is 5.67. The second kappa shape index (κ2) is 10.1. The number of methoxy groups -OCH3 is 2. The number of hydrogen-bond acceptors (Lipinski definition) is 5. The predicted molar refractivity (Wildman–Crippen MR) is 111 cm³/mol. The van der Waals surface area contributed by atoms with Crippen LogP contribution in [-0.4, -0.2) is 73.8 Å². The number of ether oxygens (including phenoxy) is 2. The molecule has 2 fully saturated rings. The first-order valence-corrected chi connectivity index (χ1v) is 11.0. The third kappa shape index (κ3) is 5.45. The molecule has 0 aromatic heterocycles. The Kier molecular flexibility index (Phi) is 7.52. The molecule has 2 saturated heterocycles. The zero-order valence-electron chi connectivity index (χ0n) is 16.4. The van der Waals surface area contributed by atoms with Crippen molar-refractivity contribution in [3.8, 4) is 11.5 Å². The van der Waals surface area contributed by atoms with Gasteiger partial charge in [-0.15, -0.1) is 0 Å². The number of thioether (sulfide) groups is 1. The summed E-state index contributed by atoms with van der Waals surface area (Å²) in [6.45, 7) is 4.09. The minimum atomic E-state index is -0.0389. The topological polar surface area (TPSA) is 54.0 Å². The summed E-state index contributed by atoms with van der Waals surface area (Å²) in [5.74, 6) is 3.44. The Hall–Kier alpha value is -1.60. The zero-order valence-corrected chi connectivity index (χ0v) is 17.2. The highest BCUT2D eigenvalue weighted by molar-refractivity contribution is 7.99. The van der Waals surface area contributed by atoms with Crippen LogP contribution in [0.2, 0.25) is 0 Å². The molecule has 1 atom stereocenters. The molecule has 7 heteroatoms. The van der Waals surface area contributed by atoms with Gasteiger partial charge in [0.15, 0.2) is 0 Å². The molecule has 1 N–H and O–H groups in total. The van der Waals surface area contributed by atoms with E-state index in [-0.39, 0.29) is 12.1 Å². The maximum atomic E-state index is 13.1. The van der Waals surface area contributed by atoms with Crippen molar-refractivity contribution in [1.29, 1.82) is 0 Å². The maximum absolute atomic E-state index is 13.1. The van der Waals surface area contributed by atoms with Crippen LogP contribution in [0, 0.1) is 0 Å². The largest absolute Gasteiger partial charge is 0.497 e. The molecule has 6 nitrogen and oxygen atoms in total. The molecule has 0 radical (unpaired) electrons. The molecule has 1 unspecified atom stereocenters. The number of carbonyl (C=O) groups excluding carboxylic acids is 1. The molecule has 3 rings (SSSR count). The van der Waals surface area contributed by atoms with Crippen LogP contribution in [0.5, 0.6) is 11.5 Å². The minimum absolute atomic E-state index is 0.0389. The highest BCUT2D eigenvalue weighted by Crippen LogP contribution is 2.30. The Bertz CT molecular complexity index is 622. The van der Waals surface area contributed by atoms with Gasteiger partial charge in [0, 0.05) is 24.9 Å². The van der Waals surface area contributed by atoms with Gasteiger partial charge in [-0.3, -0.25) is 0 Å². The third-order valence-corrected chi connectivity index (χ3v) is 6.47. The molecule has 1 aromatic rings. The quantitative estimate of drug-likeness (QED) is 0.829. The number of urea groups is 1. The summed E-state index contributed by atoms with van der Waals surface area (Å²) in [5, 5.41) is 3.06. The number of hydrogen-bond donors (Lipinski definition) is 1. The van der Waals surface area contributed by atoms with E-state index in [1.807, 2.05) is 28.8 Å². The first-order chi connectivity index (χ1) is 13.2. The number of benzene rings is 1. The molecule has 0 saturated carbocycles. The van der Waals surface area contributed by atoms with Gasteiger partial charge in [-0.25, -0.2) is 4.79 Å². The first kappa shape index (κ1) is 20.1. The van der Waals surface area contributed by atoms with Crippen LogP contribution < -0.4 is 14.8 Å². The van der Waals surface area contributed by atoms with Crippen LogP contribution >= 0.6 is 11.8 Å². The number of nitrogens with one attached hydrogen (secondary N) is 1. The monoisotopic (exact) mass is 393 g/mol. The Morgan fingerprint density at radius 3 is 2.70 bits per heavy atom. The molecule has 2 aliphatic heterocycles. The molecule has 2 aliphatic rings. The molecule has 2 amide bonds. The average Bonchev–Trinajstić information content (AvgIpc) is 2.94. The van der Waals surface area contributed by atoms with Crippen LogP contribution in [-0.2, 0) is 0 Å². The lowest BCUT2D eigenvalue weighted by molar-refractivity contribution is 0.151. The SMILES string of the molecule is COc1ccc(NC(=O)N2CCCSCC2CN2CCCCC2)c(OC)c1. The number of anilines is 1. The zero-order chi connectivity index (χ0) is 19.1. The second-order valence-corrected chi connectivity index (χ2v) is 8.28. The summed E-state index contributed by atoms with van der Waals surface area (Å²) in [7, 11) is 3.22. The Morgan fingerprint density at radius 2 is 1.96 bits per heavy atom. The van der Waals surface area contributed by atoms with Crippen LogP contribution in [0.4, 0.5) is 10.5 Å². The predicted octanol–water partition coefficient (Wildman–Crippen LogP) is 3.53. The Morgan fingerprint density at radius 1 is 1.15 bits per heavy atom. The molecule has 0 spiro atoms. The number of rotatable bonds is 5. The van der Waals surface area contributed by atoms with Gasteiger partial charge < -0.3 is 24.6 Å². The van der Waals surface area contributed by atoms with E-state index in [2.05, 4.69) is 10.2 Å². The van der Waals surface area contributed by atoms with E-state index in [0.29, 0.717) is 17.2 Å². The van der Waals surface area contributed by atoms with E-state index in [1.165, 1.54) is 19.3 Å². The lowest BCUT2D eigenvalue weighted by atomic mass is 10.1. The Balaban J connectivity index is 1.69. The van der Waals surface area contributed by atoms with Crippen molar-refractivity contribution < 1.29 is 14.3 Å². The molecule has 150 valence electrons. The van der Waals surface area contributed by atoms with Crippen LogP contribution in [0.1, 0.15) is 25.7 Å². The van der Waals surface area contributed by atoms with E-state index >= 15 is 0 Å². The van der Waals surface area contributed by atoms with Gasteiger partial charge in [-0.1, -0.05) is 6.42 Å². The van der Waals surface area contributed by atoms with Crippen LogP contribution in [0.3, 0.4) is 0 Å².